The highest BCUT2D eigenvalue weighted by Crippen LogP contribution is 2.29. The van der Waals surface area contributed by atoms with Gasteiger partial charge in [0.1, 0.15) is 12.1 Å². The van der Waals surface area contributed by atoms with E-state index in [2.05, 4.69) is 20.8 Å². The topological polar surface area (TPSA) is 129 Å². The lowest BCUT2D eigenvalue weighted by atomic mass is 10.1. The van der Waals surface area contributed by atoms with Crippen molar-refractivity contribution in [2.75, 3.05) is 38.7 Å². The first kappa shape index (κ1) is 21.9. The van der Waals surface area contributed by atoms with E-state index in [1.54, 1.807) is 24.3 Å². The molecule has 0 atom stereocenters. The van der Waals surface area contributed by atoms with Gasteiger partial charge in [0.2, 0.25) is 15.9 Å². The van der Waals surface area contributed by atoms with Crippen molar-refractivity contribution < 1.29 is 22.7 Å². The zero-order valence-corrected chi connectivity index (χ0v) is 18.2. The molecule has 0 bridgehead atoms. The maximum absolute atomic E-state index is 12.9. The zero-order valence-electron chi connectivity index (χ0n) is 17.3. The normalized spacial score (nSPS) is 14.8. The summed E-state index contributed by atoms with van der Waals surface area (Å²) in [6.07, 6.45) is 1.57. The average Bonchev–Trinajstić information content (AvgIpc) is 3.35. The highest BCUT2D eigenvalue weighted by molar-refractivity contribution is 7.89. The Morgan fingerprint density at radius 2 is 1.91 bits per heavy atom. The molecule has 1 aliphatic rings. The van der Waals surface area contributed by atoms with Crippen LogP contribution in [-0.2, 0) is 26.0 Å². The Balaban J connectivity index is 1.49. The number of nitrogens with zero attached hydrogens (tertiary/aromatic N) is 5. The van der Waals surface area contributed by atoms with Crippen LogP contribution in [0, 0.1) is 0 Å². The number of hydrogen-bond donors (Lipinski definition) is 1. The summed E-state index contributed by atoms with van der Waals surface area (Å²) in [6.45, 7) is 1.28. The van der Waals surface area contributed by atoms with Gasteiger partial charge in [-0.15, -0.1) is 5.10 Å². The maximum atomic E-state index is 12.9. The van der Waals surface area contributed by atoms with Gasteiger partial charge in [-0.05, 0) is 46.3 Å². The van der Waals surface area contributed by atoms with Gasteiger partial charge in [-0.1, -0.05) is 12.1 Å². The lowest BCUT2D eigenvalue weighted by Crippen LogP contribution is -2.40. The van der Waals surface area contributed by atoms with E-state index in [0.717, 1.165) is 11.3 Å². The van der Waals surface area contributed by atoms with E-state index < -0.39 is 10.0 Å². The lowest BCUT2D eigenvalue weighted by Gasteiger charge is -2.26. The molecule has 2 heterocycles. The van der Waals surface area contributed by atoms with Crippen LogP contribution < -0.4 is 10.1 Å². The van der Waals surface area contributed by atoms with Gasteiger partial charge in [-0.3, -0.25) is 4.79 Å². The van der Waals surface area contributed by atoms with E-state index in [9.17, 15) is 13.2 Å². The second kappa shape index (κ2) is 9.42. The maximum Gasteiger partial charge on any atom is 0.243 e. The lowest BCUT2D eigenvalue weighted by molar-refractivity contribution is -0.115. The molecule has 12 heteroatoms. The third kappa shape index (κ3) is 4.77. The van der Waals surface area contributed by atoms with Gasteiger partial charge in [0.25, 0.3) is 0 Å². The second-order valence-electron chi connectivity index (χ2n) is 7.02. The number of sulfonamides is 1. The molecule has 0 saturated carbocycles. The second-order valence-corrected chi connectivity index (χ2v) is 8.96. The van der Waals surface area contributed by atoms with Gasteiger partial charge in [0.15, 0.2) is 0 Å². The van der Waals surface area contributed by atoms with E-state index in [-0.39, 0.29) is 36.0 Å². The van der Waals surface area contributed by atoms with Crippen molar-refractivity contribution in [1.29, 1.82) is 0 Å². The summed E-state index contributed by atoms with van der Waals surface area (Å²) in [6, 6.07) is 11.6. The Hall–Kier alpha value is -3.35. The Morgan fingerprint density at radius 1 is 1.16 bits per heavy atom. The van der Waals surface area contributed by atoms with Gasteiger partial charge in [0.05, 0.1) is 43.0 Å². The number of amides is 1. The summed E-state index contributed by atoms with van der Waals surface area (Å²) in [5.41, 5.74) is 1.83. The van der Waals surface area contributed by atoms with Crippen LogP contribution in [0.5, 0.6) is 5.75 Å². The number of carbonyl (C=O) groups excluding carboxylic acids is 1. The van der Waals surface area contributed by atoms with Crippen LogP contribution in [0.2, 0.25) is 0 Å². The molecule has 1 amide bonds. The molecule has 0 radical (unpaired) electrons. The highest BCUT2D eigenvalue weighted by atomic mass is 32.2. The van der Waals surface area contributed by atoms with E-state index in [1.807, 2.05) is 0 Å². The van der Waals surface area contributed by atoms with Crippen LogP contribution in [0.1, 0.15) is 5.56 Å². The first-order chi connectivity index (χ1) is 15.5. The standard InChI is InChI=1S/C20H22N6O5S/c1-30-19-7-6-17(32(28,29)25-8-10-31-11-9-25)13-18(19)22-20(27)12-15-2-4-16(5-3-15)26-14-21-23-24-26/h2-7,13-14H,8-12H2,1H3,(H,22,27). The quantitative estimate of drug-likeness (QED) is 0.552. The number of aromatic nitrogens is 4. The monoisotopic (exact) mass is 458 g/mol. The Morgan fingerprint density at radius 3 is 2.56 bits per heavy atom. The van der Waals surface area contributed by atoms with Crippen LogP contribution in [0.3, 0.4) is 0 Å². The molecular weight excluding hydrogens is 436 g/mol. The van der Waals surface area contributed by atoms with Crippen LogP contribution in [-0.4, -0.2) is 72.3 Å². The molecular formula is C20H22N6O5S. The fourth-order valence-electron chi connectivity index (χ4n) is 3.31. The van der Waals surface area contributed by atoms with Crippen LogP contribution in [0.15, 0.2) is 53.7 Å². The highest BCUT2D eigenvalue weighted by Gasteiger charge is 2.27. The van der Waals surface area contributed by atoms with Crippen LogP contribution >= 0.6 is 0 Å². The minimum Gasteiger partial charge on any atom is -0.495 e. The molecule has 0 unspecified atom stereocenters. The predicted octanol–water partition coefficient (Wildman–Crippen LogP) is 0.873. The Kier molecular flexibility index (Phi) is 6.44. The number of ether oxygens (including phenoxy) is 2. The van der Waals surface area contributed by atoms with Crippen molar-refractivity contribution in [3.05, 3.63) is 54.4 Å². The number of rotatable bonds is 7. The van der Waals surface area contributed by atoms with Crippen molar-refractivity contribution in [2.45, 2.75) is 11.3 Å². The molecule has 1 N–H and O–H groups in total. The summed E-state index contributed by atoms with van der Waals surface area (Å²) >= 11 is 0. The van der Waals surface area contributed by atoms with Crippen molar-refractivity contribution in [3.63, 3.8) is 0 Å². The van der Waals surface area contributed by atoms with E-state index in [1.165, 1.54) is 40.6 Å². The summed E-state index contributed by atoms with van der Waals surface area (Å²) in [5, 5.41) is 13.8. The number of tetrazole rings is 1. The van der Waals surface area contributed by atoms with Gasteiger partial charge < -0.3 is 14.8 Å². The minimum absolute atomic E-state index is 0.0845. The largest absolute Gasteiger partial charge is 0.495 e. The summed E-state index contributed by atoms with van der Waals surface area (Å²) in [4.78, 5) is 12.7. The molecule has 1 aromatic heterocycles. The number of anilines is 1. The van der Waals surface area contributed by atoms with Crippen molar-refractivity contribution >= 4 is 21.6 Å². The van der Waals surface area contributed by atoms with Gasteiger partial charge in [-0.25, -0.2) is 13.1 Å². The smallest absolute Gasteiger partial charge is 0.243 e. The number of morpholine rings is 1. The molecule has 0 spiro atoms. The predicted molar refractivity (Wildman–Crippen MR) is 114 cm³/mol. The fourth-order valence-corrected chi connectivity index (χ4v) is 4.74. The SMILES string of the molecule is COc1ccc(S(=O)(=O)N2CCOCC2)cc1NC(=O)Cc1ccc(-n2cnnn2)cc1. The number of nitrogens with one attached hydrogen (secondary N) is 1. The zero-order chi connectivity index (χ0) is 22.6. The molecule has 0 aliphatic carbocycles. The van der Waals surface area contributed by atoms with Gasteiger partial charge in [-0.2, -0.15) is 4.31 Å². The third-order valence-electron chi connectivity index (χ3n) is 4.97. The van der Waals surface area contributed by atoms with E-state index >= 15 is 0 Å². The third-order valence-corrected chi connectivity index (χ3v) is 6.86. The molecule has 4 rings (SSSR count). The average molecular weight is 459 g/mol. The summed E-state index contributed by atoms with van der Waals surface area (Å²) in [5.74, 6) is 0.0627. The molecule has 1 saturated heterocycles. The molecule has 168 valence electrons. The van der Waals surface area contributed by atoms with E-state index in [4.69, 9.17) is 9.47 Å². The summed E-state index contributed by atoms with van der Waals surface area (Å²) < 4.78 is 39.3. The molecule has 3 aromatic rings. The molecule has 1 fully saturated rings. The summed E-state index contributed by atoms with van der Waals surface area (Å²) in [7, 11) is -2.25. The molecule has 11 nitrogen and oxygen atoms in total. The number of carbonyl (C=O) groups is 1. The van der Waals surface area contributed by atoms with Crippen LogP contribution in [0.4, 0.5) is 5.69 Å². The fraction of sp³-hybridized carbons (Fsp3) is 0.300. The van der Waals surface area contributed by atoms with Crippen molar-refractivity contribution in [1.82, 2.24) is 24.5 Å². The van der Waals surface area contributed by atoms with Crippen molar-refractivity contribution in [2.24, 2.45) is 0 Å². The van der Waals surface area contributed by atoms with Gasteiger partial charge >= 0.3 is 0 Å². The van der Waals surface area contributed by atoms with Crippen molar-refractivity contribution in [3.8, 4) is 11.4 Å². The first-order valence-corrected chi connectivity index (χ1v) is 11.3. The molecule has 2 aromatic carbocycles. The van der Waals surface area contributed by atoms with E-state index in [0.29, 0.717) is 19.0 Å². The van der Waals surface area contributed by atoms with Crippen LogP contribution in [0.25, 0.3) is 5.69 Å². The number of benzene rings is 2. The first-order valence-electron chi connectivity index (χ1n) is 9.85. The number of methoxy groups -OCH3 is 1. The van der Waals surface area contributed by atoms with Gasteiger partial charge in [0, 0.05) is 13.1 Å². The Bertz CT molecular complexity index is 1180. The number of hydrogen-bond acceptors (Lipinski definition) is 8. The Labute approximate surface area is 185 Å². The molecule has 1 aliphatic heterocycles. The molecule has 32 heavy (non-hydrogen) atoms. The minimum atomic E-state index is -3.70.